The van der Waals surface area contributed by atoms with Gasteiger partial charge in [-0.1, -0.05) is 18.2 Å². The second-order valence-electron chi connectivity index (χ2n) is 4.59. The van der Waals surface area contributed by atoms with Gasteiger partial charge in [-0.05, 0) is 30.3 Å². The Balaban J connectivity index is 2.56. The van der Waals surface area contributed by atoms with Gasteiger partial charge in [-0.3, -0.25) is 19.5 Å². The Labute approximate surface area is 122 Å². The van der Waals surface area contributed by atoms with Crippen LogP contribution in [0.3, 0.4) is 0 Å². The molecule has 0 bridgehead atoms. The molecule has 1 heterocycles. The van der Waals surface area contributed by atoms with Gasteiger partial charge in [0.15, 0.2) is 0 Å². The van der Waals surface area contributed by atoms with Crippen LogP contribution in [0.4, 0.5) is 10.1 Å². The Morgan fingerprint density at radius 3 is 2.45 bits per heavy atom. The second-order valence-corrected chi connectivity index (χ2v) is 4.59. The van der Waals surface area contributed by atoms with Gasteiger partial charge in [-0.25, -0.2) is 4.39 Å². The van der Waals surface area contributed by atoms with E-state index in [-0.39, 0.29) is 10.9 Å². The minimum Gasteiger partial charge on any atom is -0.501 e. The SMILES string of the molecule is O=c1c([N+](=O)[O-])c(O)c2ccc(F)cc2n1-c1ccccc1. The Bertz CT molecular complexity index is 951. The molecule has 0 saturated carbocycles. The van der Waals surface area contributed by atoms with E-state index in [2.05, 4.69) is 0 Å². The van der Waals surface area contributed by atoms with Crippen molar-refractivity contribution in [2.45, 2.75) is 0 Å². The molecule has 0 fully saturated rings. The van der Waals surface area contributed by atoms with Crippen molar-refractivity contribution in [3.63, 3.8) is 0 Å². The fourth-order valence-electron chi connectivity index (χ4n) is 2.33. The molecule has 1 aromatic heterocycles. The molecule has 0 aliphatic carbocycles. The van der Waals surface area contributed by atoms with Gasteiger partial charge in [-0.15, -0.1) is 0 Å². The summed E-state index contributed by atoms with van der Waals surface area (Å²) in [4.78, 5) is 22.5. The largest absolute Gasteiger partial charge is 0.501 e. The number of pyridine rings is 1. The second kappa shape index (κ2) is 4.96. The van der Waals surface area contributed by atoms with E-state index in [9.17, 15) is 24.4 Å². The summed E-state index contributed by atoms with van der Waals surface area (Å²) in [6, 6.07) is 11.4. The van der Waals surface area contributed by atoms with Gasteiger partial charge >= 0.3 is 11.2 Å². The normalized spacial score (nSPS) is 10.8. The van der Waals surface area contributed by atoms with Crippen LogP contribution in [0.25, 0.3) is 16.6 Å². The molecule has 22 heavy (non-hydrogen) atoms. The number of aromatic hydroxyl groups is 1. The first kappa shape index (κ1) is 13.7. The van der Waals surface area contributed by atoms with Crippen molar-refractivity contribution in [3.05, 3.63) is 74.8 Å². The number of hydrogen-bond donors (Lipinski definition) is 1. The lowest BCUT2D eigenvalue weighted by molar-refractivity contribution is -0.387. The standard InChI is InChI=1S/C15H9FN2O4/c16-9-6-7-11-12(8-9)17(10-4-2-1-3-5-10)15(20)13(14(11)19)18(21)22/h1-8,19H. The molecule has 0 saturated heterocycles. The predicted molar refractivity (Wildman–Crippen MR) is 77.8 cm³/mol. The van der Waals surface area contributed by atoms with Crippen LogP contribution in [0.2, 0.25) is 0 Å². The zero-order valence-corrected chi connectivity index (χ0v) is 11.1. The van der Waals surface area contributed by atoms with Crippen molar-refractivity contribution < 1.29 is 14.4 Å². The zero-order valence-electron chi connectivity index (χ0n) is 11.1. The average molecular weight is 300 g/mol. The maximum absolute atomic E-state index is 13.5. The topological polar surface area (TPSA) is 85.4 Å². The summed E-state index contributed by atoms with van der Waals surface area (Å²) in [5.74, 6) is -1.39. The van der Waals surface area contributed by atoms with Gasteiger partial charge < -0.3 is 5.11 Å². The maximum Gasteiger partial charge on any atom is 0.376 e. The van der Waals surface area contributed by atoms with Gasteiger partial charge in [-0.2, -0.15) is 0 Å². The summed E-state index contributed by atoms with van der Waals surface area (Å²) in [5.41, 5.74) is -1.57. The smallest absolute Gasteiger partial charge is 0.376 e. The van der Waals surface area contributed by atoms with E-state index in [1.165, 1.54) is 6.07 Å². The molecule has 2 aromatic carbocycles. The van der Waals surface area contributed by atoms with Crippen molar-refractivity contribution in [1.82, 2.24) is 4.57 Å². The monoisotopic (exact) mass is 300 g/mol. The number of rotatable bonds is 2. The van der Waals surface area contributed by atoms with Crippen LogP contribution < -0.4 is 5.56 Å². The third kappa shape index (κ3) is 1.99. The van der Waals surface area contributed by atoms with Crippen LogP contribution in [-0.4, -0.2) is 14.6 Å². The van der Waals surface area contributed by atoms with Gasteiger partial charge in [0, 0.05) is 11.1 Å². The summed E-state index contributed by atoms with van der Waals surface area (Å²) in [5, 5.41) is 21.1. The predicted octanol–water partition coefficient (Wildman–Crippen LogP) is 2.74. The molecule has 1 N–H and O–H groups in total. The highest BCUT2D eigenvalue weighted by atomic mass is 19.1. The average Bonchev–Trinajstić information content (AvgIpc) is 2.47. The lowest BCUT2D eigenvalue weighted by Crippen LogP contribution is -2.22. The fourth-order valence-corrected chi connectivity index (χ4v) is 2.33. The van der Waals surface area contributed by atoms with E-state index >= 15 is 0 Å². The van der Waals surface area contributed by atoms with E-state index in [1.807, 2.05) is 0 Å². The summed E-state index contributed by atoms with van der Waals surface area (Å²) in [6.07, 6.45) is 0. The summed E-state index contributed by atoms with van der Waals surface area (Å²) in [7, 11) is 0. The Morgan fingerprint density at radius 1 is 1.14 bits per heavy atom. The molecule has 0 amide bonds. The summed E-state index contributed by atoms with van der Waals surface area (Å²) < 4.78 is 14.5. The summed E-state index contributed by atoms with van der Waals surface area (Å²) in [6.45, 7) is 0. The van der Waals surface area contributed by atoms with Crippen LogP contribution in [0, 0.1) is 15.9 Å². The first-order valence-electron chi connectivity index (χ1n) is 6.28. The van der Waals surface area contributed by atoms with E-state index in [0.717, 1.165) is 16.7 Å². The number of fused-ring (bicyclic) bond motifs is 1. The van der Waals surface area contributed by atoms with Gasteiger partial charge in [0.1, 0.15) is 5.82 Å². The third-order valence-electron chi connectivity index (χ3n) is 3.28. The first-order valence-corrected chi connectivity index (χ1v) is 6.28. The Hall–Kier alpha value is -3.22. The molecule has 0 radical (unpaired) electrons. The molecule has 0 spiro atoms. The van der Waals surface area contributed by atoms with Gasteiger partial charge in [0.25, 0.3) is 0 Å². The van der Waals surface area contributed by atoms with Gasteiger partial charge in [0.05, 0.1) is 10.4 Å². The molecule has 3 rings (SSSR count). The lowest BCUT2D eigenvalue weighted by Gasteiger charge is -2.11. The van der Waals surface area contributed by atoms with Crippen LogP contribution in [0.5, 0.6) is 5.75 Å². The number of halogens is 1. The first-order chi connectivity index (χ1) is 10.5. The van der Waals surface area contributed by atoms with Crippen molar-refractivity contribution >= 4 is 16.6 Å². The van der Waals surface area contributed by atoms with Crippen LogP contribution >= 0.6 is 0 Å². The van der Waals surface area contributed by atoms with E-state index in [1.54, 1.807) is 30.3 Å². The Morgan fingerprint density at radius 2 is 1.82 bits per heavy atom. The highest BCUT2D eigenvalue weighted by molar-refractivity contribution is 5.89. The minimum atomic E-state index is -1.02. The highest BCUT2D eigenvalue weighted by Crippen LogP contribution is 2.32. The molecule has 0 atom stereocenters. The molecule has 0 aliphatic rings. The molecule has 0 aliphatic heterocycles. The molecule has 6 nitrogen and oxygen atoms in total. The van der Waals surface area contributed by atoms with Gasteiger partial charge in [0.2, 0.25) is 5.75 Å². The van der Waals surface area contributed by atoms with Crippen molar-refractivity contribution in [1.29, 1.82) is 0 Å². The molecule has 3 aromatic rings. The zero-order chi connectivity index (χ0) is 15.9. The summed E-state index contributed by atoms with van der Waals surface area (Å²) >= 11 is 0. The quantitative estimate of drug-likeness (QED) is 0.582. The number of hydrogen-bond acceptors (Lipinski definition) is 4. The molecular formula is C15H9FN2O4. The van der Waals surface area contributed by atoms with E-state index < -0.39 is 27.7 Å². The minimum absolute atomic E-state index is 0.0246. The molecule has 110 valence electrons. The number of nitrogens with zero attached hydrogens (tertiary/aromatic N) is 2. The number of nitro groups is 1. The number of aromatic nitrogens is 1. The molecular weight excluding hydrogens is 291 g/mol. The van der Waals surface area contributed by atoms with Crippen LogP contribution in [-0.2, 0) is 0 Å². The number of para-hydroxylation sites is 1. The molecule has 7 heteroatoms. The fraction of sp³-hybridized carbons (Fsp3) is 0. The molecule has 0 unspecified atom stereocenters. The van der Waals surface area contributed by atoms with Crippen molar-refractivity contribution in [2.75, 3.05) is 0 Å². The Kier molecular flexibility index (Phi) is 3.10. The van der Waals surface area contributed by atoms with Crippen molar-refractivity contribution in [2.24, 2.45) is 0 Å². The van der Waals surface area contributed by atoms with Crippen LogP contribution in [0.15, 0.2) is 53.3 Å². The highest BCUT2D eigenvalue weighted by Gasteiger charge is 2.26. The number of benzene rings is 2. The maximum atomic E-state index is 13.5. The van der Waals surface area contributed by atoms with Crippen molar-refractivity contribution in [3.8, 4) is 11.4 Å². The third-order valence-corrected chi connectivity index (χ3v) is 3.28. The van der Waals surface area contributed by atoms with E-state index in [4.69, 9.17) is 0 Å². The lowest BCUT2D eigenvalue weighted by atomic mass is 10.1. The van der Waals surface area contributed by atoms with E-state index in [0.29, 0.717) is 5.69 Å². The van der Waals surface area contributed by atoms with Crippen LogP contribution in [0.1, 0.15) is 0 Å².